The minimum atomic E-state index is -1.14. The van der Waals surface area contributed by atoms with Crippen LogP contribution in [0, 0.1) is 0 Å². The maximum atomic E-state index is 13.7. The fourth-order valence-corrected chi connectivity index (χ4v) is 4.93. The number of ether oxygens (including phenoxy) is 2. The zero-order chi connectivity index (χ0) is 24.1. The number of hydrogen-bond donors (Lipinski definition) is 1. The van der Waals surface area contributed by atoms with Gasteiger partial charge in [-0.15, -0.1) is 0 Å². The van der Waals surface area contributed by atoms with Gasteiger partial charge in [-0.05, 0) is 38.3 Å². The van der Waals surface area contributed by atoms with Crippen LogP contribution in [0.1, 0.15) is 57.7 Å². The van der Waals surface area contributed by atoms with E-state index in [0.29, 0.717) is 19.4 Å². The van der Waals surface area contributed by atoms with Gasteiger partial charge in [0, 0.05) is 6.42 Å². The molecule has 1 heterocycles. The van der Waals surface area contributed by atoms with E-state index in [-0.39, 0.29) is 11.9 Å². The molecular weight excluding hydrogens is 416 g/mol. The maximum Gasteiger partial charge on any atom is 0.331 e. The van der Waals surface area contributed by atoms with Crippen LogP contribution in [0.2, 0.25) is 0 Å². The number of esters is 1. The third-order valence-electron chi connectivity index (χ3n) is 6.50. The average Bonchev–Trinajstić information content (AvgIpc) is 3.14. The Morgan fingerprint density at radius 3 is 2.33 bits per heavy atom. The first-order valence-electron chi connectivity index (χ1n) is 11.7. The monoisotopic (exact) mass is 452 g/mol. The van der Waals surface area contributed by atoms with Gasteiger partial charge < -0.3 is 14.8 Å². The quantitative estimate of drug-likeness (QED) is 0.576. The van der Waals surface area contributed by atoms with Crippen LogP contribution in [0.5, 0.6) is 0 Å². The van der Waals surface area contributed by atoms with E-state index in [4.69, 9.17) is 9.47 Å². The lowest BCUT2D eigenvalue weighted by atomic mass is 9.85. The molecule has 2 aromatic rings. The number of hydrogen-bond acceptors (Lipinski definition) is 5. The summed E-state index contributed by atoms with van der Waals surface area (Å²) in [5.74, 6) is -0.644. The molecule has 0 bridgehead atoms. The third kappa shape index (κ3) is 5.45. The standard InChI is InChI=1S/C27H36N2O4/c1-6-17-27(25(31)32-5,18-21-13-9-7-10-14-21)28-24(30)20(2)29-23(19-33-26(29,3)4)22-15-11-8-12-16-22/h7-16,20,23H,6,17-19H2,1-5H3,(H,28,30)/t20-,23-,27+/m0/s1. The zero-order valence-electron chi connectivity index (χ0n) is 20.3. The molecular formula is C27H36N2O4. The van der Waals surface area contributed by atoms with Crippen molar-refractivity contribution in [1.29, 1.82) is 0 Å². The van der Waals surface area contributed by atoms with Crippen molar-refractivity contribution >= 4 is 11.9 Å². The molecule has 1 aliphatic rings. The second-order valence-electron chi connectivity index (χ2n) is 9.24. The number of carbonyl (C=O) groups is 2. The van der Waals surface area contributed by atoms with Crippen LogP contribution in [0.3, 0.4) is 0 Å². The smallest absolute Gasteiger partial charge is 0.331 e. The fourth-order valence-electron chi connectivity index (χ4n) is 4.93. The Hall–Kier alpha value is -2.70. The number of amides is 1. The van der Waals surface area contributed by atoms with Gasteiger partial charge in [-0.3, -0.25) is 9.69 Å². The summed E-state index contributed by atoms with van der Waals surface area (Å²) in [5.41, 5.74) is 0.300. The second-order valence-corrected chi connectivity index (χ2v) is 9.24. The molecule has 0 spiro atoms. The maximum absolute atomic E-state index is 13.7. The van der Waals surface area contributed by atoms with E-state index >= 15 is 0 Å². The molecule has 1 N–H and O–H groups in total. The molecule has 33 heavy (non-hydrogen) atoms. The number of nitrogens with one attached hydrogen (secondary N) is 1. The van der Waals surface area contributed by atoms with Gasteiger partial charge in [-0.1, -0.05) is 74.0 Å². The van der Waals surface area contributed by atoms with E-state index in [2.05, 4.69) is 22.3 Å². The number of benzene rings is 2. The minimum Gasteiger partial charge on any atom is -0.467 e. The molecule has 1 amide bonds. The highest BCUT2D eigenvalue weighted by Gasteiger charge is 2.48. The van der Waals surface area contributed by atoms with E-state index in [1.165, 1.54) is 7.11 Å². The van der Waals surface area contributed by atoms with Crippen molar-refractivity contribution in [2.45, 2.75) is 70.3 Å². The summed E-state index contributed by atoms with van der Waals surface area (Å²) in [6, 6.07) is 19.2. The lowest BCUT2D eigenvalue weighted by Gasteiger charge is -2.40. The summed E-state index contributed by atoms with van der Waals surface area (Å²) in [5, 5.41) is 3.11. The summed E-state index contributed by atoms with van der Waals surface area (Å²) in [6.45, 7) is 8.32. The Balaban J connectivity index is 1.90. The predicted molar refractivity (Wildman–Crippen MR) is 128 cm³/mol. The average molecular weight is 453 g/mol. The zero-order valence-corrected chi connectivity index (χ0v) is 20.3. The second kappa shape index (κ2) is 10.5. The van der Waals surface area contributed by atoms with Crippen LogP contribution in [-0.4, -0.2) is 47.8 Å². The molecule has 0 saturated carbocycles. The molecule has 0 aromatic heterocycles. The molecule has 6 heteroatoms. The highest BCUT2D eigenvalue weighted by molar-refractivity contribution is 5.90. The number of methoxy groups -OCH3 is 1. The van der Waals surface area contributed by atoms with E-state index in [9.17, 15) is 9.59 Å². The van der Waals surface area contributed by atoms with Crippen LogP contribution in [0.4, 0.5) is 0 Å². The van der Waals surface area contributed by atoms with Crippen molar-refractivity contribution in [2.75, 3.05) is 13.7 Å². The van der Waals surface area contributed by atoms with Crippen LogP contribution in [0.15, 0.2) is 60.7 Å². The highest BCUT2D eigenvalue weighted by Crippen LogP contribution is 2.38. The largest absolute Gasteiger partial charge is 0.467 e. The lowest BCUT2D eigenvalue weighted by Crippen LogP contribution is -2.61. The van der Waals surface area contributed by atoms with Gasteiger partial charge in [-0.2, -0.15) is 0 Å². The fraction of sp³-hybridized carbons (Fsp3) is 0.481. The van der Waals surface area contributed by atoms with Crippen molar-refractivity contribution in [3.05, 3.63) is 71.8 Å². The van der Waals surface area contributed by atoms with Crippen LogP contribution >= 0.6 is 0 Å². The van der Waals surface area contributed by atoms with Gasteiger partial charge in [0.1, 0.15) is 11.3 Å². The van der Waals surface area contributed by atoms with Crippen molar-refractivity contribution in [1.82, 2.24) is 10.2 Å². The summed E-state index contributed by atoms with van der Waals surface area (Å²) < 4.78 is 11.3. The number of nitrogens with zero attached hydrogens (tertiary/aromatic N) is 1. The van der Waals surface area contributed by atoms with Crippen molar-refractivity contribution in [3.8, 4) is 0 Å². The van der Waals surface area contributed by atoms with Crippen LogP contribution < -0.4 is 5.32 Å². The molecule has 0 unspecified atom stereocenters. The van der Waals surface area contributed by atoms with E-state index in [0.717, 1.165) is 17.5 Å². The number of rotatable bonds is 9. The van der Waals surface area contributed by atoms with Gasteiger partial charge in [-0.25, -0.2) is 4.79 Å². The van der Waals surface area contributed by atoms with Gasteiger partial charge in [0.15, 0.2) is 0 Å². The highest BCUT2D eigenvalue weighted by atomic mass is 16.5. The Morgan fingerprint density at radius 1 is 1.15 bits per heavy atom. The summed E-state index contributed by atoms with van der Waals surface area (Å²) in [7, 11) is 1.37. The normalized spacial score (nSPS) is 20.6. The molecule has 178 valence electrons. The molecule has 1 saturated heterocycles. The predicted octanol–water partition coefficient (Wildman–Crippen LogP) is 4.26. The molecule has 3 atom stereocenters. The van der Waals surface area contributed by atoms with Crippen molar-refractivity contribution in [3.63, 3.8) is 0 Å². The first kappa shape index (κ1) is 24.9. The van der Waals surface area contributed by atoms with Crippen LogP contribution in [0.25, 0.3) is 0 Å². The SMILES string of the molecule is CCC[C@](Cc1ccccc1)(NC(=O)[C@H](C)N1[C@H](c2ccccc2)COC1(C)C)C(=O)OC. The molecule has 3 rings (SSSR count). The first-order chi connectivity index (χ1) is 15.7. The Kier molecular flexibility index (Phi) is 7.92. The van der Waals surface area contributed by atoms with Gasteiger partial charge in [0.25, 0.3) is 0 Å². The number of carbonyl (C=O) groups excluding carboxylic acids is 2. The van der Waals surface area contributed by atoms with Crippen molar-refractivity contribution in [2.24, 2.45) is 0 Å². The minimum absolute atomic E-state index is 0.0604. The van der Waals surface area contributed by atoms with E-state index < -0.39 is 23.3 Å². The molecule has 6 nitrogen and oxygen atoms in total. The Labute approximate surface area is 197 Å². The third-order valence-corrected chi connectivity index (χ3v) is 6.50. The van der Waals surface area contributed by atoms with Gasteiger partial charge in [0.2, 0.25) is 5.91 Å². The summed E-state index contributed by atoms with van der Waals surface area (Å²) >= 11 is 0. The van der Waals surface area contributed by atoms with E-state index in [1.807, 2.05) is 76.2 Å². The molecule has 1 aliphatic heterocycles. The van der Waals surface area contributed by atoms with E-state index in [1.54, 1.807) is 0 Å². The van der Waals surface area contributed by atoms with Crippen molar-refractivity contribution < 1.29 is 19.1 Å². The van der Waals surface area contributed by atoms with Crippen LogP contribution in [-0.2, 0) is 25.5 Å². The van der Waals surface area contributed by atoms with Gasteiger partial charge >= 0.3 is 5.97 Å². The molecule has 0 aliphatic carbocycles. The summed E-state index contributed by atoms with van der Waals surface area (Å²) in [4.78, 5) is 28.8. The summed E-state index contributed by atoms with van der Waals surface area (Å²) in [6.07, 6.45) is 1.57. The first-order valence-corrected chi connectivity index (χ1v) is 11.7. The molecule has 0 radical (unpaired) electrons. The molecule has 2 aromatic carbocycles. The Morgan fingerprint density at radius 2 is 1.76 bits per heavy atom. The molecule has 1 fully saturated rings. The van der Waals surface area contributed by atoms with Gasteiger partial charge in [0.05, 0.1) is 25.8 Å². The lowest BCUT2D eigenvalue weighted by molar-refractivity contribution is -0.153. The topological polar surface area (TPSA) is 67.9 Å². The Bertz CT molecular complexity index is 932.